The number of rotatable bonds is 4. The molecule has 4 rings (SSSR count). The number of anilines is 3. The molecule has 0 atom stereocenters. The first-order valence-corrected chi connectivity index (χ1v) is 10.3. The fourth-order valence-corrected chi connectivity index (χ4v) is 4.34. The van der Waals surface area contributed by atoms with Crippen LogP contribution in [-0.2, 0) is 0 Å². The predicted octanol–water partition coefficient (Wildman–Crippen LogP) is 5.02. The molecule has 2 N–H and O–H groups in total. The second-order valence-corrected chi connectivity index (χ2v) is 8.06. The summed E-state index contributed by atoms with van der Waals surface area (Å²) in [5.74, 6) is 0.210. The highest BCUT2D eigenvalue weighted by Gasteiger charge is 2.20. The number of thioether (sulfide) groups is 1. The van der Waals surface area contributed by atoms with Gasteiger partial charge in [-0.05, 0) is 36.4 Å². The molecule has 3 aromatic rings. The van der Waals surface area contributed by atoms with E-state index in [0.29, 0.717) is 16.4 Å². The van der Waals surface area contributed by atoms with Crippen LogP contribution in [0.2, 0.25) is 5.02 Å². The molecule has 1 aliphatic rings. The number of nitrogens with zero attached hydrogens (tertiary/aromatic N) is 2. The average Bonchev–Trinajstić information content (AvgIpc) is 2.70. The Morgan fingerprint density at radius 3 is 2.75 bits per heavy atom. The lowest BCUT2D eigenvalue weighted by atomic mass is 10.1. The van der Waals surface area contributed by atoms with Gasteiger partial charge in [-0.3, -0.25) is 4.98 Å². The van der Waals surface area contributed by atoms with Crippen molar-refractivity contribution in [3.63, 3.8) is 0 Å². The Balaban J connectivity index is 1.88. The van der Waals surface area contributed by atoms with Crippen molar-refractivity contribution in [3.8, 4) is 0 Å². The minimum Gasteiger partial charge on any atom is -0.478 e. The molecule has 1 saturated heterocycles. The number of carbonyl (C=O) groups is 1. The maximum absolute atomic E-state index is 13.6. The topological polar surface area (TPSA) is 65.5 Å². The highest BCUT2D eigenvalue weighted by molar-refractivity contribution is 7.99. The van der Waals surface area contributed by atoms with Crippen LogP contribution in [0.25, 0.3) is 10.9 Å². The average molecular weight is 418 g/mol. The minimum atomic E-state index is -1.20. The van der Waals surface area contributed by atoms with Gasteiger partial charge in [0.15, 0.2) is 0 Å². The summed E-state index contributed by atoms with van der Waals surface area (Å²) in [6, 6.07) is 9.07. The van der Waals surface area contributed by atoms with Crippen LogP contribution < -0.4 is 10.2 Å². The minimum absolute atomic E-state index is 0.132. The monoisotopic (exact) mass is 417 g/mol. The van der Waals surface area contributed by atoms with Crippen LogP contribution in [0.15, 0.2) is 42.6 Å². The van der Waals surface area contributed by atoms with Gasteiger partial charge >= 0.3 is 5.97 Å². The zero-order valence-electron chi connectivity index (χ0n) is 14.8. The molecule has 2 aromatic carbocycles. The van der Waals surface area contributed by atoms with Gasteiger partial charge in [-0.25, -0.2) is 9.18 Å². The van der Waals surface area contributed by atoms with Crippen LogP contribution in [0.3, 0.4) is 0 Å². The lowest BCUT2D eigenvalue weighted by Crippen LogP contribution is -2.33. The number of pyridine rings is 1. The summed E-state index contributed by atoms with van der Waals surface area (Å²) in [6.07, 6.45) is 1.79. The number of hydrogen-bond acceptors (Lipinski definition) is 5. The number of fused-ring (bicyclic) bond motifs is 1. The van der Waals surface area contributed by atoms with E-state index in [-0.39, 0.29) is 5.56 Å². The molecule has 0 aliphatic carbocycles. The van der Waals surface area contributed by atoms with Gasteiger partial charge in [0.2, 0.25) is 0 Å². The summed E-state index contributed by atoms with van der Waals surface area (Å²) in [4.78, 5) is 18.4. The third-order valence-electron chi connectivity index (χ3n) is 4.63. The molecular formula is C20H17ClFN3O2S. The molecule has 2 heterocycles. The van der Waals surface area contributed by atoms with Crippen LogP contribution in [0.1, 0.15) is 10.4 Å². The van der Waals surface area contributed by atoms with Crippen molar-refractivity contribution in [1.82, 2.24) is 4.98 Å². The first-order chi connectivity index (χ1) is 13.5. The van der Waals surface area contributed by atoms with E-state index in [2.05, 4.69) is 15.2 Å². The van der Waals surface area contributed by atoms with Gasteiger partial charge in [0.1, 0.15) is 5.82 Å². The molecule has 0 radical (unpaired) electrons. The van der Waals surface area contributed by atoms with Gasteiger partial charge in [-0.2, -0.15) is 11.8 Å². The van der Waals surface area contributed by atoms with Crippen molar-refractivity contribution in [2.75, 3.05) is 34.8 Å². The van der Waals surface area contributed by atoms with Crippen molar-refractivity contribution >= 4 is 57.3 Å². The smallest absolute Gasteiger partial charge is 0.337 e. The molecule has 1 aliphatic heterocycles. The highest BCUT2D eigenvalue weighted by atomic mass is 35.5. The Labute approximate surface area is 170 Å². The number of aromatic nitrogens is 1. The summed E-state index contributed by atoms with van der Waals surface area (Å²) in [5.41, 5.74) is 2.51. The third kappa shape index (κ3) is 3.72. The van der Waals surface area contributed by atoms with Crippen molar-refractivity contribution in [1.29, 1.82) is 0 Å². The van der Waals surface area contributed by atoms with E-state index in [4.69, 9.17) is 11.6 Å². The molecule has 0 unspecified atom stereocenters. The van der Waals surface area contributed by atoms with Crippen molar-refractivity contribution in [2.24, 2.45) is 0 Å². The largest absolute Gasteiger partial charge is 0.478 e. The Morgan fingerprint density at radius 1 is 1.21 bits per heavy atom. The van der Waals surface area contributed by atoms with Crippen LogP contribution in [0.4, 0.5) is 21.5 Å². The molecule has 0 saturated carbocycles. The van der Waals surface area contributed by atoms with Gasteiger partial charge in [0.05, 0.1) is 34.3 Å². The number of carboxylic acids is 1. The Bertz CT molecular complexity index is 1060. The van der Waals surface area contributed by atoms with Crippen LogP contribution in [0, 0.1) is 5.82 Å². The molecule has 5 nitrogen and oxygen atoms in total. The maximum Gasteiger partial charge on any atom is 0.337 e. The highest BCUT2D eigenvalue weighted by Crippen LogP contribution is 2.37. The van der Waals surface area contributed by atoms with Crippen molar-refractivity contribution < 1.29 is 14.3 Å². The summed E-state index contributed by atoms with van der Waals surface area (Å²) in [5, 5.41) is 14.1. The van der Waals surface area contributed by atoms with E-state index in [1.807, 2.05) is 17.8 Å². The maximum atomic E-state index is 13.6. The molecule has 8 heteroatoms. The molecule has 0 bridgehead atoms. The van der Waals surface area contributed by atoms with E-state index in [1.54, 1.807) is 18.3 Å². The number of halogens is 2. The van der Waals surface area contributed by atoms with Crippen LogP contribution >= 0.6 is 23.4 Å². The van der Waals surface area contributed by atoms with E-state index >= 15 is 0 Å². The zero-order chi connectivity index (χ0) is 19.7. The number of nitrogens with one attached hydrogen (secondary N) is 1. The predicted molar refractivity (Wildman–Crippen MR) is 113 cm³/mol. The quantitative estimate of drug-likeness (QED) is 0.621. The van der Waals surface area contributed by atoms with Gasteiger partial charge < -0.3 is 15.3 Å². The standard InChI is InChI=1S/C20H17ClFN3O2S/c21-12-1-3-16-14(9-12)19(18(11-23-16)25-5-7-28-8-6-25)24-17-4-2-13(22)10-15(17)20(26)27/h1-4,9-11H,5-8H2,(H,23,24)(H,26,27). The third-order valence-corrected chi connectivity index (χ3v) is 5.81. The summed E-state index contributed by atoms with van der Waals surface area (Å²) >= 11 is 8.11. The normalized spacial score (nSPS) is 14.3. The molecule has 0 spiro atoms. The Morgan fingerprint density at radius 2 is 2.00 bits per heavy atom. The first kappa shape index (κ1) is 18.8. The second kappa shape index (κ2) is 7.85. The van der Waals surface area contributed by atoms with Crippen molar-refractivity contribution in [2.45, 2.75) is 0 Å². The zero-order valence-corrected chi connectivity index (χ0v) is 16.4. The molecule has 1 fully saturated rings. The Kier molecular flexibility index (Phi) is 5.28. The van der Waals surface area contributed by atoms with Gasteiger partial charge in [0.25, 0.3) is 0 Å². The molecule has 0 amide bonds. The second-order valence-electron chi connectivity index (χ2n) is 6.40. The Hall–Kier alpha value is -2.51. The fourth-order valence-electron chi connectivity index (χ4n) is 3.27. The SMILES string of the molecule is O=C(O)c1cc(F)ccc1Nc1c(N2CCSCC2)cnc2ccc(Cl)cc12. The van der Waals surface area contributed by atoms with Gasteiger partial charge in [-0.1, -0.05) is 11.6 Å². The summed E-state index contributed by atoms with van der Waals surface area (Å²) in [7, 11) is 0. The fraction of sp³-hybridized carbons (Fsp3) is 0.200. The van der Waals surface area contributed by atoms with E-state index < -0.39 is 11.8 Å². The number of hydrogen-bond donors (Lipinski definition) is 2. The lowest BCUT2D eigenvalue weighted by Gasteiger charge is -2.31. The molecule has 1 aromatic heterocycles. The van der Waals surface area contributed by atoms with Crippen LogP contribution in [0.5, 0.6) is 0 Å². The number of carboxylic acid groups (broad SMARTS) is 1. The van der Waals surface area contributed by atoms with E-state index in [9.17, 15) is 14.3 Å². The first-order valence-electron chi connectivity index (χ1n) is 8.74. The van der Waals surface area contributed by atoms with E-state index in [1.165, 1.54) is 12.1 Å². The van der Waals surface area contributed by atoms with E-state index in [0.717, 1.165) is 47.3 Å². The van der Waals surface area contributed by atoms with Crippen molar-refractivity contribution in [3.05, 3.63) is 59.0 Å². The molecular weight excluding hydrogens is 401 g/mol. The molecule has 28 heavy (non-hydrogen) atoms. The van der Waals surface area contributed by atoms with Gasteiger partial charge in [-0.15, -0.1) is 0 Å². The molecule has 144 valence electrons. The lowest BCUT2D eigenvalue weighted by molar-refractivity contribution is 0.0697. The van der Waals surface area contributed by atoms with Gasteiger partial charge in [0, 0.05) is 35.0 Å². The summed E-state index contributed by atoms with van der Waals surface area (Å²) in [6.45, 7) is 1.73. The summed E-state index contributed by atoms with van der Waals surface area (Å²) < 4.78 is 13.6. The number of benzene rings is 2. The number of aromatic carboxylic acids is 1. The van der Waals surface area contributed by atoms with Crippen LogP contribution in [-0.4, -0.2) is 40.7 Å².